The Labute approximate surface area is 155 Å². The highest BCUT2D eigenvalue weighted by atomic mass is 16.2. The summed E-state index contributed by atoms with van der Waals surface area (Å²) in [6.07, 6.45) is 3.80. The molecule has 134 valence electrons. The summed E-state index contributed by atoms with van der Waals surface area (Å²) in [5.74, 6) is -2.50. The number of fused-ring (bicyclic) bond motifs is 5. The fourth-order valence-corrected chi connectivity index (χ4v) is 4.91. The van der Waals surface area contributed by atoms with Crippen LogP contribution < -0.4 is 15.5 Å². The second-order valence-corrected chi connectivity index (χ2v) is 7.22. The van der Waals surface area contributed by atoms with E-state index in [4.69, 9.17) is 5.73 Å². The molecule has 0 aromatic heterocycles. The Balaban J connectivity index is 1.67. The van der Waals surface area contributed by atoms with E-state index in [1.54, 1.807) is 24.3 Å². The smallest absolute Gasteiger partial charge is 0.277 e. The average Bonchev–Trinajstić information content (AvgIpc) is 3.16. The molecular formula is C21H18N3O3+. The van der Waals surface area contributed by atoms with Crippen LogP contribution in [0.3, 0.4) is 0 Å². The number of imide groups is 1. The molecule has 3 N–H and O–H groups in total. The number of hydrogen-bond donors (Lipinski definition) is 2. The molecule has 0 aliphatic carbocycles. The molecule has 3 heterocycles. The Hall–Kier alpha value is -3.25. The van der Waals surface area contributed by atoms with Crippen LogP contribution in [0.25, 0.3) is 6.08 Å². The van der Waals surface area contributed by atoms with Gasteiger partial charge in [-0.2, -0.15) is 0 Å². The molecule has 3 amide bonds. The molecule has 3 aliphatic heterocycles. The molecule has 5 atom stereocenters. The molecule has 0 spiro atoms. The van der Waals surface area contributed by atoms with E-state index in [-0.39, 0.29) is 17.9 Å². The number of hydrogen-bond acceptors (Lipinski definition) is 3. The minimum atomic E-state index is -0.755. The third kappa shape index (κ3) is 2.07. The van der Waals surface area contributed by atoms with Gasteiger partial charge in [-0.1, -0.05) is 42.5 Å². The van der Waals surface area contributed by atoms with E-state index >= 15 is 0 Å². The minimum Gasteiger partial charge on any atom is -0.364 e. The van der Waals surface area contributed by atoms with Crippen molar-refractivity contribution in [1.82, 2.24) is 0 Å². The molecular weight excluding hydrogens is 342 g/mol. The van der Waals surface area contributed by atoms with E-state index < -0.39 is 23.8 Å². The Morgan fingerprint density at radius 1 is 0.926 bits per heavy atom. The van der Waals surface area contributed by atoms with Crippen LogP contribution in [0.15, 0.2) is 60.8 Å². The summed E-state index contributed by atoms with van der Waals surface area (Å²) in [5.41, 5.74) is 8.21. The molecule has 5 rings (SSSR count). The summed E-state index contributed by atoms with van der Waals surface area (Å²) >= 11 is 0. The van der Waals surface area contributed by atoms with Crippen molar-refractivity contribution in [2.45, 2.75) is 12.1 Å². The summed E-state index contributed by atoms with van der Waals surface area (Å²) in [6, 6.07) is 15.6. The summed E-state index contributed by atoms with van der Waals surface area (Å²) in [5, 5.41) is 0. The van der Waals surface area contributed by atoms with Gasteiger partial charge in [-0.15, -0.1) is 0 Å². The maximum Gasteiger partial charge on any atom is 0.277 e. The number of nitrogens with zero attached hydrogens (tertiary/aromatic N) is 1. The molecule has 2 aromatic rings. The van der Waals surface area contributed by atoms with E-state index in [0.29, 0.717) is 5.69 Å². The molecule has 27 heavy (non-hydrogen) atoms. The number of benzene rings is 2. The van der Waals surface area contributed by atoms with Crippen LogP contribution in [0.2, 0.25) is 0 Å². The molecule has 2 saturated heterocycles. The van der Waals surface area contributed by atoms with Crippen LogP contribution in [-0.4, -0.2) is 23.8 Å². The van der Waals surface area contributed by atoms with Crippen LogP contribution in [-0.2, 0) is 14.4 Å². The largest absolute Gasteiger partial charge is 0.364 e. The van der Waals surface area contributed by atoms with E-state index in [9.17, 15) is 14.4 Å². The lowest BCUT2D eigenvalue weighted by Crippen LogP contribution is -3.12. The molecule has 0 bridgehead atoms. The fraction of sp³-hybridized carbons (Fsp3) is 0.190. The normalized spacial score (nSPS) is 30.8. The van der Waals surface area contributed by atoms with E-state index in [2.05, 4.69) is 0 Å². The van der Waals surface area contributed by atoms with Crippen molar-refractivity contribution >= 4 is 29.5 Å². The number of nitrogens with two attached hydrogens (primary N) is 1. The maximum absolute atomic E-state index is 13.3. The highest BCUT2D eigenvalue weighted by molar-refractivity contribution is 6.23. The Kier molecular flexibility index (Phi) is 3.32. The molecule has 3 aliphatic rings. The monoisotopic (exact) mass is 360 g/mol. The van der Waals surface area contributed by atoms with Crippen LogP contribution in [0.5, 0.6) is 0 Å². The fourth-order valence-electron chi connectivity index (χ4n) is 4.91. The van der Waals surface area contributed by atoms with Crippen molar-refractivity contribution < 1.29 is 19.3 Å². The Bertz CT molecular complexity index is 1000. The number of nitrogens with one attached hydrogen (secondary N) is 1. The van der Waals surface area contributed by atoms with Gasteiger partial charge in [-0.05, 0) is 23.8 Å². The second kappa shape index (κ2) is 5.62. The first kappa shape index (κ1) is 16.0. The topological polar surface area (TPSA) is 84.9 Å². The van der Waals surface area contributed by atoms with E-state index in [1.165, 1.54) is 4.90 Å². The number of carbonyl (C=O) groups excluding carboxylic acids is 3. The van der Waals surface area contributed by atoms with Gasteiger partial charge >= 0.3 is 0 Å². The SMILES string of the molecule is NC(=O)[C@@H]1[C@@H]2C(=O)N(c3ccccc3)C(=O)[C@@H]2[C@H]2c3ccccc3C=C[NH+]12. The lowest BCUT2D eigenvalue weighted by molar-refractivity contribution is -0.884. The quantitative estimate of drug-likeness (QED) is 0.754. The van der Waals surface area contributed by atoms with Gasteiger partial charge in [0, 0.05) is 5.56 Å². The molecule has 0 radical (unpaired) electrons. The van der Waals surface area contributed by atoms with Gasteiger partial charge in [-0.3, -0.25) is 19.3 Å². The highest BCUT2D eigenvalue weighted by Crippen LogP contribution is 2.44. The number of anilines is 1. The van der Waals surface area contributed by atoms with Gasteiger partial charge in [0.05, 0.1) is 11.9 Å². The number of quaternary nitrogens is 1. The van der Waals surface area contributed by atoms with Crippen molar-refractivity contribution in [2.24, 2.45) is 17.6 Å². The van der Waals surface area contributed by atoms with Gasteiger partial charge in [0.25, 0.3) is 5.91 Å². The van der Waals surface area contributed by atoms with Crippen molar-refractivity contribution in [3.63, 3.8) is 0 Å². The molecule has 1 unspecified atom stereocenters. The van der Waals surface area contributed by atoms with Crippen LogP contribution in [0, 0.1) is 11.8 Å². The zero-order chi connectivity index (χ0) is 18.7. The van der Waals surface area contributed by atoms with Crippen molar-refractivity contribution in [3.8, 4) is 0 Å². The van der Waals surface area contributed by atoms with Gasteiger partial charge < -0.3 is 5.73 Å². The number of carbonyl (C=O) groups is 3. The average molecular weight is 360 g/mol. The Morgan fingerprint density at radius 2 is 1.59 bits per heavy atom. The number of rotatable bonds is 2. The van der Waals surface area contributed by atoms with Crippen LogP contribution in [0.4, 0.5) is 5.69 Å². The lowest BCUT2D eigenvalue weighted by Gasteiger charge is -2.29. The van der Waals surface area contributed by atoms with Gasteiger partial charge in [0.15, 0.2) is 6.04 Å². The third-order valence-corrected chi connectivity index (χ3v) is 5.94. The zero-order valence-corrected chi connectivity index (χ0v) is 14.4. The summed E-state index contributed by atoms with van der Waals surface area (Å²) in [4.78, 5) is 40.9. The van der Waals surface area contributed by atoms with Gasteiger partial charge in [0.1, 0.15) is 17.9 Å². The van der Waals surface area contributed by atoms with Crippen molar-refractivity contribution in [2.75, 3.05) is 4.90 Å². The molecule has 2 fully saturated rings. The number of primary amides is 1. The summed E-state index contributed by atoms with van der Waals surface area (Å²) < 4.78 is 0. The predicted octanol–water partition coefficient (Wildman–Crippen LogP) is 0.270. The first-order valence-electron chi connectivity index (χ1n) is 8.95. The maximum atomic E-state index is 13.3. The number of para-hydroxylation sites is 1. The van der Waals surface area contributed by atoms with E-state index in [0.717, 1.165) is 16.0 Å². The second-order valence-electron chi connectivity index (χ2n) is 7.22. The van der Waals surface area contributed by atoms with E-state index in [1.807, 2.05) is 42.6 Å². The first-order chi connectivity index (χ1) is 13.1. The first-order valence-corrected chi connectivity index (χ1v) is 8.95. The van der Waals surface area contributed by atoms with Crippen molar-refractivity contribution in [3.05, 3.63) is 71.9 Å². The minimum absolute atomic E-state index is 0.257. The predicted molar refractivity (Wildman–Crippen MR) is 98.1 cm³/mol. The highest BCUT2D eigenvalue weighted by Gasteiger charge is 2.67. The standard InChI is InChI=1S/C21H17N3O3/c22-19(25)18-16-15(17-14-9-5-4-6-12(14)10-11-23(17)18)20(26)24(21(16)27)13-7-2-1-3-8-13/h1-11,15-18H,(H2,22,25)/p+1/t15-,16+,17+,18-/m0/s1. The van der Waals surface area contributed by atoms with Gasteiger partial charge in [0.2, 0.25) is 11.8 Å². The van der Waals surface area contributed by atoms with Crippen LogP contribution in [0.1, 0.15) is 17.2 Å². The Morgan fingerprint density at radius 3 is 2.33 bits per heavy atom. The van der Waals surface area contributed by atoms with Crippen LogP contribution >= 0.6 is 0 Å². The molecule has 2 aromatic carbocycles. The molecule has 6 nitrogen and oxygen atoms in total. The third-order valence-electron chi connectivity index (χ3n) is 5.94. The lowest BCUT2D eigenvalue weighted by atomic mass is 9.84. The molecule has 6 heteroatoms. The summed E-state index contributed by atoms with van der Waals surface area (Å²) in [7, 11) is 0. The number of amides is 3. The van der Waals surface area contributed by atoms with Gasteiger partial charge in [-0.25, -0.2) is 4.90 Å². The van der Waals surface area contributed by atoms with Crippen molar-refractivity contribution in [1.29, 1.82) is 0 Å². The molecule has 0 saturated carbocycles. The summed E-state index contributed by atoms with van der Waals surface area (Å²) in [6.45, 7) is 0. The zero-order valence-electron chi connectivity index (χ0n) is 14.4.